The number of nitrogens with zero attached hydrogens (tertiary/aromatic N) is 1. The Morgan fingerprint density at radius 3 is 2.50 bits per heavy atom. The van der Waals surface area contributed by atoms with Crippen molar-refractivity contribution >= 4 is 11.7 Å². The molecule has 0 saturated heterocycles. The van der Waals surface area contributed by atoms with Crippen molar-refractivity contribution in [1.82, 2.24) is 0 Å². The molecular formula is C14H19NO5. The van der Waals surface area contributed by atoms with E-state index in [2.05, 4.69) is 0 Å². The zero-order chi connectivity index (χ0) is 15.0. The lowest BCUT2D eigenvalue weighted by Gasteiger charge is -2.15. The highest BCUT2D eigenvalue weighted by Gasteiger charge is 2.14. The molecule has 1 unspecified atom stereocenters. The van der Waals surface area contributed by atoms with Crippen molar-refractivity contribution in [3.63, 3.8) is 0 Å². The Balaban J connectivity index is 2.50. The van der Waals surface area contributed by atoms with Crippen LogP contribution in [0.15, 0.2) is 24.3 Å². The van der Waals surface area contributed by atoms with E-state index >= 15 is 0 Å². The van der Waals surface area contributed by atoms with Crippen molar-refractivity contribution in [3.05, 3.63) is 39.9 Å². The highest BCUT2D eigenvalue weighted by molar-refractivity contribution is 5.72. The van der Waals surface area contributed by atoms with E-state index < -0.39 is 17.2 Å². The van der Waals surface area contributed by atoms with Crippen LogP contribution >= 0.6 is 0 Å². The van der Waals surface area contributed by atoms with Gasteiger partial charge in [-0.3, -0.25) is 14.9 Å². The van der Waals surface area contributed by atoms with Crippen LogP contribution in [0, 0.1) is 10.1 Å². The van der Waals surface area contributed by atoms with Crippen molar-refractivity contribution in [3.8, 4) is 0 Å². The number of rotatable bonds is 8. The van der Waals surface area contributed by atoms with Crippen LogP contribution in [0.5, 0.6) is 0 Å². The number of unbranched alkanes of at least 4 members (excludes halogenated alkanes) is 1. The number of ether oxygens (including phenoxy) is 2. The maximum absolute atomic E-state index is 11.7. The lowest BCUT2D eigenvalue weighted by Crippen LogP contribution is -2.21. The number of methoxy groups -OCH3 is 1. The summed E-state index contributed by atoms with van der Waals surface area (Å²) in [5, 5.41) is 10.5. The smallest absolute Gasteiger partial charge is 0.312 e. The summed E-state index contributed by atoms with van der Waals surface area (Å²) in [6.07, 6.45) is 2.13. The van der Waals surface area contributed by atoms with Gasteiger partial charge in [-0.15, -0.1) is 0 Å². The number of non-ortho nitro benzene ring substituents is 1. The zero-order valence-corrected chi connectivity index (χ0v) is 11.7. The molecule has 0 N–H and O–H groups in total. The van der Waals surface area contributed by atoms with Gasteiger partial charge < -0.3 is 9.47 Å². The lowest BCUT2D eigenvalue weighted by molar-refractivity contribution is -0.384. The van der Waals surface area contributed by atoms with Gasteiger partial charge in [-0.25, -0.2) is 0 Å². The van der Waals surface area contributed by atoms with E-state index in [-0.39, 0.29) is 12.1 Å². The second-order valence-electron chi connectivity index (χ2n) is 4.40. The van der Waals surface area contributed by atoms with E-state index in [1.807, 2.05) is 6.92 Å². The van der Waals surface area contributed by atoms with Gasteiger partial charge in [-0.05, 0) is 12.0 Å². The number of esters is 1. The fourth-order valence-electron chi connectivity index (χ4n) is 1.69. The molecule has 0 aliphatic heterocycles. The molecule has 0 amide bonds. The van der Waals surface area contributed by atoms with Crippen LogP contribution in [0.1, 0.15) is 31.7 Å². The van der Waals surface area contributed by atoms with Crippen molar-refractivity contribution < 1.29 is 19.2 Å². The summed E-state index contributed by atoms with van der Waals surface area (Å²) in [4.78, 5) is 21.8. The number of nitro groups is 1. The minimum atomic E-state index is -0.527. The monoisotopic (exact) mass is 281 g/mol. The summed E-state index contributed by atoms with van der Waals surface area (Å²) in [6.45, 7) is 2.05. The topological polar surface area (TPSA) is 78.7 Å². The third kappa shape index (κ3) is 5.36. The number of carbonyl (C=O) groups is 1. The van der Waals surface area contributed by atoms with Gasteiger partial charge in [-0.2, -0.15) is 0 Å². The molecule has 0 bridgehead atoms. The van der Waals surface area contributed by atoms with E-state index in [4.69, 9.17) is 9.47 Å². The first-order chi connectivity index (χ1) is 9.56. The van der Waals surface area contributed by atoms with Crippen LogP contribution in [0.2, 0.25) is 0 Å². The molecule has 0 aromatic heterocycles. The summed E-state index contributed by atoms with van der Waals surface area (Å²) < 4.78 is 10.3. The van der Waals surface area contributed by atoms with Gasteiger partial charge in [-0.1, -0.05) is 25.5 Å². The number of nitro benzene ring substituents is 1. The Morgan fingerprint density at radius 1 is 1.35 bits per heavy atom. The summed E-state index contributed by atoms with van der Waals surface area (Å²) >= 11 is 0. The summed E-state index contributed by atoms with van der Waals surface area (Å²) in [5.41, 5.74) is 0.672. The second kappa shape index (κ2) is 8.27. The number of hydrogen-bond acceptors (Lipinski definition) is 5. The molecule has 6 nitrogen and oxygen atoms in total. The van der Waals surface area contributed by atoms with Crippen LogP contribution < -0.4 is 0 Å². The van der Waals surface area contributed by atoms with Gasteiger partial charge in [0.15, 0.2) is 0 Å². The summed E-state index contributed by atoms with van der Waals surface area (Å²) in [7, 11) is 1.50. The van der Waals surface area contributed by atoms with E-state index in [0.29, 0.717) is 12.0 Å². The second-order valence-corrected chi connectivity index (χ2v) is 4.40. The van der Waals surface area contributed by atoms with Gasteiger partial charge in [0.1, 0.15) is 0 Å². The standard InChI is InChI=1S/C14H19NO5/c1-3-4-5-14(19-2)20-13(16)10-11-6-8-12(9-7-11)15(17)18/h6-9,14H,3-5,10H2,1-2H3. The van der Waals surface area contributed by atoms with Gasteiger partial charge in [0.2, 0.25) is 6.29 Å². The third-order valence-corrected chi connectivity index (χ3v) is 2.81. The first-order valence-electron chi connectivity index (χ1n) is 6.52. The lowest BCUT2D eigenvalue weighted by atomic mass is 10.1. The van der Waals surface area contributed by atoms with Gasteiger partial charge in [0.25, 0.3) is 5.69 Å². The average Bonchev–Trinajstić information content (AvgIpc) is 2.43. The van der Waals surface area contributed by atoms with Crippen LogP contribution in [-0.2, 0) is 20.7 Å². The molecule has 1 atom stereocenters. The molecule has 0 radical (unpaired) electrons. The zero-order valence-electron chi connectivity index (χ0n) is 11.7. The minimum absolute atomic E-state index is 0.000156. The summed E-state index contributed by atoms with van der Waals surface area (Å²) in [5.74, 6) is -0.401. The first-order valence-corrected chi connectivity index (χ1v) is 6.52. The molecule has 0 saturated carbocycles. The maximum Gasteiger partial charge on any atom is 0.312 e. The molecule has 0 aliphatic carbocycles. The molecule has 1 aromatic carbocycles. The van der Waals surface area contributed by atoms with Gasteiger partial charge in [0, 0.05) is 25.7 Å². The molecule has 0 fully saturated rings. The molecule has 110 valence electrons. The fraction of sp³-hybridized carbons (Fsp3) is 0.500. The van der Waals surface area contributed by atoms with Crippen LogP contribution in [0.4, 0.5) is 5.69 Å². The molecule has 20 heavy (non-hydrogen) atoms. The highest BCUT2D eigenvalue weighted by atomic mass is 16.7. The maximum atomic E-state index is 11.7. The average molecular weight is 281 g/mol. The largest absolute Gasteiger partial charge is 0.436 e. The predicted octanol–water partition coefficient (Wildman–Crippen LogP) is 2.84. The Labute approximate surface area is 117 Å². The van der Waals surface area contributed by atoms with E-state index in [1.165, 1.54) is 19.2 Å². The Morgan fingerprint density at radius 2 is 2.00 bits per heavy atom. The third-order valence-electron chi connectivity index (χ3n) is 2.81. The van der Waals surface area contributed by atoms with E-state index in [0.717, 1.165) is 12.8 Å². The van der Waals surface area contributed by atoms with Gasteiger partial charge in [0.05, 0.1) is 11.3 Å². The molecule has 0 heterocycles. The van der Waals surface area contributed by atoms with Crippen molar-refractivity contribution in [2.75, 3.05) is 7.11 Å². The highest BCUT2D eigenvalue weighted by Crippen LogP contribution is 2.13. The normalized spacial score (nSPS) is 11.9. The SMILES string of the molecule is CCCCC(OC)OC(=O)Cc1ccc([N+](=O)[O-])cc1. The van der Waals surface area contributed by atoms with Crippen LogP contribution in [0.3, 0.4) is 0 Å². The summed E-state index contributed by atoms with van der Waals surface area (Å²) in [6, 6.07) is 5.83. The van der Waals surface area contributed by atoms with Crippen molar-refractivity contribution in [1.29, 1.82) is 0 Å². The number of hydrogen-bond donors (Lipinski definition) is 0. The molecule has 1 aromatic rings. The quantitative estimate of drug-likeness (QED) is 0.317. The van der Waals surface area contributed by atoms with Crippen LogP contribution in [0.25, 0.3) is 0 Å². The molecule has 0 spiro atoms. The van der Waals surface area contributed by atoms with Crippen molar-refractivity contribution in [2.24, 2.45) is 0 Å². The first kappa shape index (κ1) is 16.1. The van der Waals surface area contributed by atoms with Crippen LogP contribution in [-0.4, -0.2) is 24.3 Å². The molecule has 0 aliphatic rings. The van der Waals surface area contributed by atoms with E-state index in [1.54, 1.807) is 12.1 Å². The number of benzene rings is 1. The number of carbonyl (C=O) groups excluding carboxylic acids is 1. The predicted molar refractivity (Wildman–Crippen MR) is 73.2 cm³/mol. The van der Waals surface area contributed by atoms with E-state index in [9.17, 15) is 14.9 Å². The molecule has 1 rings (SSSR count). The Kier molecular flexibility index (Phi) is 6.66. The minimum Gasteiger partial charge on any atom is -0.436 e. The Bertz CT molecular complexity index is 443. The molecular weight excluding hydrogens is 262 g/mol. The Hall–Kier alpha value is -1.95. The van der Waals surface area contributed by atoms with Gasteiger partial charge >= 0.3 is 5.97 Å². The van der Waals surface area contributed by atoms with Crippen molar-refractivity contribution in [2.45, 2.75) is 38.9 Å². The molecule has 6 heteroatoms. The fourth-order valence-corrected chi connectivity index (χ4v) is 1.69.